The molecule has 0 aliphatic carbocycles. The highest BCUT2D eigenvalue weighted by molar-refractivity contribution is 9.10. The van der Waals surface area contributed by atoms with Gasteiger partial charge in [-0.15, -0.1) is 10.2 Å². The summed E-state index contributed by atoms with van der Waals surface area (Å²) < 4.78 is 9.86. The number of halogens is 1. The summed E-state index contributed by atoms with van der Waals surface area (Å²) in [5, 5.41) is 8.65. The summed E-state index contributed by atoms with van der Waals surface area (Å²) in [4.78, 5) is 0.890. The molecular formula is C16H12BrN3OS. The normalized spacial score (nSPS) is 11.4. The van der Waals surface area contributed by atoms with Crippen molar-refractivity contribution in [3.05, 3.63) is 46.9 Å². The Labute approximate surface area is 139 Å². The van der Waals surface area contributed by atoms with Crippen LogP contribution in [0.2, 0.25) is 0 Å². The smallest absolute Gasteiger partial charge is 0.217 e. The van der Waals surface area contributed by atoms with Gasteiger partial charge in [0.1, 0.15) is 5.75 Å². The van der Waals surface area contributed by atoms with Crippen LogP contribution in [0.15, 0.2) is 46.9 Å². The lowest BCUT2D eigenvalue weighted by molar-refractivity contribution is 0.341. The van der Waals surface area contributed by atoms with Gasteiger partial charge in [-0.1, -0.05) is 39.4 Å². The Bertz CT molecular complexity index is 959. The second kappa shape index (κ2) is 5.37. The molecule has 0 aliphatic rings. The summed E-state index contributed by atoms with van der Waals surface area (Å²) in [5.41, 5.74) is 2.15. The Morgan fingerprint density at radius 1 is 1.14 bits per heavy atom. The van der Waals surface area contributed by atoms with Crippen LogP contribution in [0.4, 0.5) is 0 Å². The Balaban J connectivity index is 1.93. The number of nitrogens with zero attached hydrogens (tertiary/aromatic N) is 3. The molecule has 4 rings (SSSR count). The van der Waals surface area contributed by atoms with Gasteiger partial charge in [0, 0.05) is 10.0 Å². The Morgan fingerprint density at radius 3 is 2.73 bits per heavy atom. The molecule has 2 aromatic heterocycles. The number of hydrogen-bond donors (Lipinski definition) is 0. The average molecular weight is 374 g/mol. The Hall–Kier alpha value is -1.92. The van der Waals surface area contributed by atoms with Crippen molar-refractivity contribution in [3.63, 3.8) is 0 Å². The predicted octanol–water partition coefficient (Wildman–Crippen LogP) is 4.77. The van der Waals surface area contributed by atoms with Crippen molar-refractivity contribution in [2.75, 3.05) is 6.61 Å². The molecule has 22 heavy (non-hydrogen) atoms. The van der Waals surface area contributed by atoms with E-state index in [-0.39, 0.29) is 0 Å². The van der Waals surface area contributed by atoms with Crippen LogP contribution in [0.25, 0.3) is 26.6 Å². The second-order valence-corrected chi connectivity index (χ2v) is 6.74. The SMILES string of the molecule is CCOc1ccc2c(c1)sc1nnc(-c3ccc(Br)cc3)n12. The highest BCUT2D eigenvalue weighted by atomic mass is 79.9. The molecule has 0 bridgehead atoms. The van der Waals surface area contributed by atoms with Crippen LogP contribution in [0, 0.1) is 0 Å². The molecule has 4 aromatic rings. The monoisotopic (exact) mass is 373 g/mol. The van der Waals surface area contributed by atoms with E-state index in [0.717, 1.165) is 36.8 Å². The number of hydrogen-bond acceptors (Lipinski definition) is 4. The van der Waals surface area contributed by atoms with Gasteiger partial charge in [-0.05, 0) is 37.3 Å². The molecule has 2 heterocycles. The molecule has 0 fully saturated rings. The zero-order valence-electron chi connectivity index (χ0n) is 11.8. The number of ether oxygens (including phenoxy) is 1. The maximum atomic E-state index is 5.57. The van der Waals surface area contributed by atoms with Crippen LogP contribution < -0.4 is 4.74 Å². The Kier molecular flexibility index (Phi) is 3.35. The summed E-state index contributed by atoms with van der Waals surface area (Å²) >= 11 is 5.08. The topological polar surface area (TPSA) is 39.4 Å². The fourth-order valence-corrected chi connectivity index (χ4v) is 3.71. The lowest BCUT2D eigenvalue weighted by Gasteiger charge is -2.03. The van der Waals surface area contributed by atoms with Gasteiger partial charge >= 0.3 is 0 Å². The molecular weight excluding hydrogens is 362 g/mol. The van der Waals surface area contributed by atoms with Crippen LogP contribution >= 0.6 is 27.3 Å². The van der Waals surface area contributed by atoms with Gasteiger partial charge in [-0.3, -0.25) is 4.40 Å². The first-order valence-electron chi connectivity index (χ1n) is 6.92. The van der Waals surface area contributed by atoms with Crippen LogP contribution in [-0.4, -0.2) is 21.2 Å². The molecule has 2 aromatic carbocycles. The summed E-state index contributed by atoms with van der Waals surface area (Å²) in [5.74, 6) is 1.75. The molecule has 0 saturated carbocycles. The van der Waals surface area contributed by atoms with Gasteiger partial charge in [0.05, 0.1) is 16.8 Å². The summed E-state index contributed by atoms with van der Waals surface area (Å²) in [6.45, 7) is 2.65. The molecule has 0 N–H and O–H groups in total. The van der Waals surface area contributed by atoms with E-state index in [9.17, 15) is 0 Å². The lowest BCUT2D eigenvalue weighted by Crippen LogP contribution is -1.91. The van der Waals surface area contributed by atoms with Crippen molar-refractivity contribution < 1.29 is 4.74 Å². The zero-order valence-corrected chi connectivity index (χ0v) is 14.2. The minimum atomic E-state index is 0.666. The number of rotatable bonds is 3. The molecule has 0 atom stereocenters. The van der Waals surface area contributed by atoms with Crippen LogP contribution in [-0.2, 0) is 0 Å². The van der Waals surface area contributed by atoms with E-state index in [1.54, 1.807) is 11.3 Å². The summed E-state index contributed by atoms with van der Waals surface area (Å²) in [7, 11) is 0. The first-order valence-corrected chi connectivity index (χ1v) is 8.53. The zero-order chi connectivity index (χ0) is 15.1. The molecule has 0 aliphatic heterocycles. The van der Waals surface area contributed by atoms with Gasteiger partial charge in [-0.25, -0.2) is 0 Å². The second-order valence-electron chi connectivity index (χ2n) is 4.81. The molecule has 0 unspecified atom stereocenters. The van der Waals surface area contributed by atoms with E-state index in [1.165, 1.54) is 0 Å². The number of aromatic nitrogens is 3. The molecule has 0 amide bonds. The van der Waals surface area contributed by atoms with E-state index in [2.05, 4.69) is 42.7 Å². The van der Waals surface area contributed by atoms with E-state index < -0.39 is 0 Å². The van der Waals surface area contributed by atoms with E-state index in [0.29, 0.717) is 6.61 Å². The number of fused-ring (bicyclic) bond motifs is 3. The van der Waals surface area contributed by atoms with Crippen molar-refractivity contribution in [1.29, 1.82) is 0 Å². The van der Waals surface area contributed by atoms with Crippen molar-refractivity contribution in [3.8, 4) is 17.1 Å². The summed E-state index contributed by atoms with van der Waals surface area (Å²) in [6, 6.07) is 14.2. The van der Waals surface area contributed by atoms with Gasteiger partial charge in [0.15, 0.2) is 5.82 Å². The maximum Gasteiger partial charge on any atom is 0.217 e. The van der Waals surface area contributed by atoms with E-state index in [4.69, 9.17) is 4.74 Å². The third-order valence-corrected chi connectivity index (χ3v) is 4.94. The van der Waals surface area contributed by atoms with Gasteiger partial charge < -0.3 is 4.74 Å². The number of thiazole rings is 1. The molecule has 0 saturated heterocycles. The number of benzene rings is 2. The van der Waals surface area contributed by atoms with Crippen molar-refractivity contribution in [2.24, 2.45) is 0 Å². The van der Waals surface area contributed by atoms with Crippen LogP contribution in [0.1, 0.15) is 6.92 Å². The summed E-state index contributed by atoms with van der Waals surface area (Å²) in [6.07, 6.45) is 0. The fourth-order valence-electron chi connectivity index (χ4n) is 2.45. The predicted molar refractivity (Wildman–Crippen MR) is 92.7 cm³/mol. The first kappa shape index (κ1) is 13.7. The molecule has 6 heteroatoms. The van der Waals surface area contributed by atoms with Crippen LogP contribution in [0.3, 0.4) is 0 Å². The lowest BCUT2D eigenvalue weighted by atomic mass is 10.2. The van der Waals surface area contributed by atoms with Crippen molar-refractivity contribution in [1.82, 2.24) is 14.6 Å². The van der Waals surface area contributed by atoms with Gasteiger partial charge in [0.25, 0.3) is 0 Å². The van der Waals surface area contributed by atoms with Crippen molar-refractivity contribution >= 4 is 42.4 Å². The quantitative estimate of drug-likeness (QED) is 0.519. The molecule has 4 nitrogen and oxygen atoms in total. The van der Waals surface area contributed by atoms with Gasteiger partial charge in [0.2, 0.25) is 4.96 Å². The largest absolute Gasteiger partial charge is 0.494 e. The molecule has 0 spiro atoms. The molecule has 0 radical (unpaired) electrons. The van der Waals surface area contributed by atoms with E-state index in [1.807, 2.05) is 37.3 Å². The first-order chi connectivity index (χ1) is 10.8. The maximum absolute atomic E-state index is 5.57. The minimum absolute atomic E-state index is 0.666. The van der Waals surface area contributed by atoms with Crippen LogP contribution in [0.5, 0.6) is 5.75 Å². The Morgan fingerprint density at radius 2 is 1.95 bits per heavy atom. The highest BCUT2D eigenvalue weighted by Gasteiger charge is 2.14. The third-order valence-electron chi connectivity index (χ3n) is 3.42. The van der Waals surface area contributed by atoms with Gasteiger partial charge in [-0.2, -0.15) is 0 Å². The molecule has 110 valence electrons. The fraction of sp³-hybridized carbons (Fsp3) is 0.125. The highest BCUT2D eigenvalue weighted by Crippen LogP contribution is 2.32. The van der Waals surface area contributed by atoms with Crippen molar-refractivity contribution in [2.45, 2.75) is 6.92 Å². The average Bonchev–Trinajstić information content (AvgIpc) is 3.07. The third kappa shape index (κ3) is 2.19. The standard InChI is InChI=1S/C16H12BrN3OS/c1-2-21-12-7-8-13-14(9-12)22-16-19-18-15(20(13)16)10-3-5-11(17)6-4-10/h3-9H,2H2,1H3. The van der Waals surface area contributed by atoms with E-state index >= 15 is 0 Å². The minimum Gasteiger partial charge on any atom is -0.494 e.